The molecule has 40 heavy (non-hydrogen) atoms. The van der Waals surface area contributed by atoms with Gasteiger partial charge in [0.25, 0.3) is 5.91 Å². The Morgan fingerprint density at radius 3 is 2.42 bits per heavy atom. The molecule has 1 unspecified atom stereocenters. The van der Waals surface area contributed by atoms with E-state index in [1.165, 1.54) is 12.1 Å². The number of benzene rings is 2. The largest absolute Gasteiger partial charge is 0.417 e. The first kappa shape index (κ1) is 29.5. The quantitative estimate of drug-likeness (QED) is 0.384. The number of aliphatic hydroxyl groups excluding tert-OH is 1. The van der Waals surface area contributed by atoms with Crippen LogP contribution in [0.4, 0.5) is 19.0 Å². The predicted molar refractivity (Wildman–Crippen MR) is 146 cm³/mol. The summed E-state index contributed by atoms with van der Waals surface area (Å²) in [7, 11) is -3.37. The molecule has 4 rings (SSSR count). The van der Waals surface area contributed by atoms with Crippen LogP contribution in [0.25, 0.3) is 0 Å². The Kier molecular flexibility index (Phi) is 8.55. The van der Waals surface area contributed by atoms with Gasteiger partial charge in [0, 0.05) is 30.8 Å². The van der Waals surface area contributed by atoms with Crippen molar-refractivity contribution in [3.63, 3.8) is 0 Å². The Morgan fingerprint density at radius 2 is 1.85 bits per heavy atom. The Balaban J connectivity index is 1.56. The first-order chi connectivity index (χ1) is 18.9. The highest BCUT2D eigenvalue weighted by Gasteiger charge is 2.33. The molecule has 2 atom stereocenters. The van der Waals surface area contributed by atoms with Crippen molar-refractivity contribution in [1.29, 1.82) is 0 Å². The van der Waals surface area contributed by atoms with Gasteiger partial charge in [0.05, 0.1) is 28.9 Å². The second-order valence-corrected chi connectivity index (χ2v) is 12.2. The van der Waals surface area contributed by atoms with Crippen molar-refractivity contribution < 1.29 is 31.5 Å². The molecule has 0 aliphatic carbocycles. The number of nitrogens with one attached hydrogen (secondary N) is 1. The molecule has 0 saturated heterocycles. The number of halogens is 3. The summed E-state index contributed by atoms with van der Waals surface area (Å²) in [6, 6.07) is 11.8. The number of aryl methyl sites for hydroxylation is 1. The zero-order valence-corrected chi connectivity index (χ0v) is 23.3. The highest BCUT2D eigenvalue weighted by atomic mass is 32.2. The lowest BCUT2D eigenvalue weighted by atomic mass is 9.86. The Bertz CT molecular complexity index is 1490. The Hall–Kier alpha value is -3.44. The number of carbonyl (C=O) groups excluding carboxylic acids is 1. The van der Waals surface area contributed by atoms with Gasteiger partial charge in [0.15, 0.2) is 9.84 Å². The highest BCUT2D eigenvalue weighted by molar-refractivity contribution is 7.91. The third-order valence-corrected chi connectivity index (χ3v) is 9.08. The molecular formula is C29H32F3N3O4S. The van der Waals surface area contributed by atoms with Crippen LogP contribution in [0, 0.1) is 6.92 Å². The first-order valence-corrected chi connectivity index (χ1v) is 14.7. The van der Waals surface area contributed by atoms with Crippen molar-refractivity contribution in [1.82, 2.24) is 10.3 Å². The molecule has 2 N–H and O–H groups in total. The fourth-order valence-electron chi connectivity index (χ4n) is 5.03. The van der Waals surface area contributed by atoms with Gasteiger partial charge in [-0.3, -0.25) is 4.79 Å². The minimum Gasteiger partial charge on any atom is -0.394 e. The van der Waals surface area contributed by atoms with Crippen LogP contribution in [0.5, 0.6) is 0 Å². The van der Waals surface area contributed by atoms with E-state index in [-0.39, 0.29) is 23.2 Å². The molecule has 3 aromatic rings. The van der Waals surface area contributed by atoms with Gasteiger partial charge in [0.1, 0.15) is 5.82 Å². The van der Waals surface area contributed by atoms with Gasteiger partial charge >= 0.3 is 6.18 Å². The lowest BCUT2D eigenvalue weighted by Gasteiger charge is -2.36. The zero-order chi connectivity index (χ0) is 29.2. The van der Waals surface area contributed by atoms with Crippen molar-refractivity contribution in [2.45, 2.75) is 56.8 Å². The zero-order valence-electron chi connectivity index (χ0n) is 22.5. The summed E-state index contributed by atoms with van der Waals surface area (Å²) in [6.45, 7) is 5.78. The molecule has 11 heteroatoms. The molecule has 2 heterocycles. The normalized spacial score (nSPS) is 16.4. The second-order valence-electron chi connectivity index (χ2n) is 9.94. The van der Waals surface area contributed by atoms with E-state index in [9.17, 15) is 31.5 Å². The summed E-state index contributed by atoms with van der Waals surface area (Å²) >= 11 is 0. The predicted octanol–water partition coefficient (Wildman–Crippen LogP) is 5.18. The average molecular weight is 576 g/mol. The molecule has 1 aliphatic heterocycles. The van der Waals surface area contributed by atoms with Crippen molar-refractivity contribution in [3.8, 4) is 0 Å². The van der Waals surface area contributed by atoms with Crippen LogP contribution in [0.2, 0.25) is 0 Å². The lowest BCUT2D eigenvalue weighted by Crippen LogP contribution is -2.35. The third-order valence-electron chi connectivity index (χ3n) is 7.33. The van der Waals surface area contributed by atoms with Gasteiger partial charge < -0.3 is 15.3 Å². The fraction of sp³-hybridized carbons (Fsp3) is 0.379. The van der Waals surface area contributed by atoms with E-state index >= 15 is 0 Å². The number of rotatable bonds is 8. The lowest BCUT2D eigenvalue weighted by molar-refractivity contribution is -0.137. The smallest absolute Gasteiger partial charge is 0.394 e. The van der Waals surface area contributed by atoms with Crippen molar-refractivity contribution in [2.75, 3.05) is 23.8 Å². The monoisotopic (exact) mass is 575 g/mol. The Labute approximate surface area is 232 Å². The third kappa shape index (κ3) is 6.15. The molecule has 2 aromatic carbocycles. The van der Waals surface area contributed by atoms with E-state index in [2.05, 4.69) is 10.3 Å². The number of pyridine rings is 1. The maximum absolute atomic E-state index is 13.2. The molecule has 1 amide bonds. The number of hydrogen-bond donors (Lipinski definition) is 2. The number of nitrogens with zero attached hydrogens (tertiary/aromatic N) is 2. The van der Waals surface area contributed by atoms with Crippen LogP contribution >= 0.6 is 0 Å². The maximum Gasteiger partial charge on any atom is 0.417 e. The number of alkyl halides is 3. The Morgan fingerprint density at radius 1 is 1.15 bits per heavy atom. The fourth-order valence-corrected chi connectivity index (χ4v) is 5.91. The van der Waals surface area contributed by atoms with Gasteiger partial charge in [0.2, 0.25) is 0 Å². The van der Waals surface area contributed by atoms with Crippen molar-refractivity contribution >= 4 is 21.6 Å². The summed E-state index contributed by atoms with van der Waals surface area (Å²) in [4.78, 5) is 19.4. The standard InChI is InChI=1S/C29H32F3N3O4S/c1-4-19-15-35(27-18(3)12-23(14-33-27)29(30,31)32)16-22-13-21(8-11-25(19)22)28(37)34-26(17-36)20-6-9-24(10-7-20)40(38,39)5-2/h6-14,19,26,36H,4-5,15-17H2,1-3H3,(H,34,37)/t19-,26?/m0/s1. The number of hydrogen-bond acceptors (Lipinski definition) is 6. The molecule has 1 aromatic heterocycles. The summed E-state index contributed by atoms with van der Waals surface area (Å²) in [5.41, 5.74) is 2.51. The minimum absolute atomic E-state index is 0.0321. The molecule has 7 nitrogen and oxygen atoms in total. The first-order valence-electron chi connectivity index (χ1n) is 13.0. The van der Waals surface area contributed by atoms with Crippen molar-refractivity contribution in [3.05, 3.63) is 88.1 Å². The number of anilines is 1. The average Bonchev–Trinajstić information content (AvgIpc) is 2.94. The number of amides is 1. The van der Waals surface area contributed by atoms with Crippen molar-refractivity contribution in [2.24, 2.45) is 0 Å². The second kappa shape index (κ2) is 11.6. The van der Waals surface area contributed by atoms with Crippen LogP contribution in [0.3, 0.4) is 0 Å². The molecule has 0 fully saturated rings. The summed E-state index contributed by atoms with van der Waals surface area (Å²) in [5, 5.41) is 12.8. The number of carbonyl (C=O) groups is 1. The molecular weight excluding hydrogens is 543 g/mol. The molecule has 0 saturated carbocycles. The van der Waals surface area contributed by atoms with E-state index in [1.54, 1.807) is 38.1 Å². The van der Waals surface area contributed by atoms with E-state index < -0.39 is 33.5 Å². The topological polar surface area (TPSA) is 99.6 Å². The van der Waals surface area contributed by atoms with Gasteiger partial charge in [-0.2, -0.15) is 13.2 Å². The summed E-state index contributed by atoms with van der Waals surface area (Å²) in [6.07, 6.45) is -2.83. The van der Waals surface area contributed by atoms with Crippen LogP contribution in [-0.2, 0) is 22.6 Å². The van der Waals surface area contributed by atoms with Crippen LogP contribution in [-0.4, -0.2) is 43.3 Å². The summed E-state index contributed by atoms with van der Waals surface area (Å²) < 4.78 is 63.6. The maximum atomic E-state index is 13.2. The van der Waals surface area contributed by atoms with Crippen LogP contribution in [0.15, 0.2) is 59.6 Å². The van der Waals surface area contributed by atoms with E-state index in [4.69, 9.17) is 0 Å². The van der Waals surface area contributed by atoms with Crippen LogP contribution < -0.4 is 10.2 Å². The number of aromatic nitrogens is 1. The SMILES string of the molecule is CC[C@H]1CN(c2ncc(C(F)(F)F)cc2C)Cc2cc(C(=O)NC(CO)c3ccc(S(=O)(=O)CC)cc3)ccc21. The number of fused-ring (bicyclic) bond motifs is 1. The van der Waals surface area contributed by atoms with E-state index in [1.807, 2.05) is 17.9 Å². The molecule has 1 aliphatic rings. The number of aliphatic hydroxyl groups is 1. The van der Waals surface area contributed by atoms with Gasteiger partial charge in [-0.1, -0.05) is 32.0 Å². The molecule has 0 bridgehead atoms. The van der Waals surface area contributed by atoms with E-state index in [0.717, 1.165) is 29.8 Å². The number of sulfone groups is 1. The van der Waals surface area contributed by atoms with Gasteiger partial charge in [-0.05, 0) is 65.9 Å². The summed E-state index contributed by atoms with van der Waals surface area (Å²) in [5.74, 6) is 0.129. The van der Waals surface area contributed by atoms with E-state index in [0.29, 0.717) is 35.6 Å². The highest BCUT2D eigenvalue weighted by Crippen LogP contribution is 2.36. The van der Waals surface area contributed by atoms with Crippen LogP contribution in [0.1, 0.15) is 70.4 Å². The van der Waals surface area contributed by atoms with Gasteiger partial charge in [-0.25, -0.2) is 13.4 Å². The minimum atomic E-state index is -4.47. The molecule has 0 radical (unpaired) electrons. The van der Waals surface area contributed by atoms with Gasteiger partial charge in [-0.15, -0.1) is 0 Å². The molecule has 214 valence electrons. The molecule has 0 spiro atoms.